The predicted octanol–water partition coefficient (Wildman–Crippen LogP) is 8.66. The summed E-state index contributed by atoms with van der Waals surface area (Å²) in [6.07, 6.45) is 19.0. The summed E-state index contributed by atoms with van der Waals surface area (Å²) >= 11 is 0. The lowest BCUT2D eigenvalue weighted by Gasteiger charge is -2.58. The molecule has 0 saturated heterocycles. The molecule has 160 valence electrons. The van der Waals surface area contributed by atoms with E-state index in [0.717, 1.165) is 41.4 Å². The third-order valence-electron chi connectivity index (χ3n) is 11.0. The number of fused-ring (bicyclic) bond motifs is 5. The molecule has 0 aromatic carbocycles. The summed E-state index contributed by atoms with van der Waals surface area (Å²) in [6.45, 7) is 15.3. The summed E-state index contributed by atoms with van der Waals surface area (Å²) in [5, 5.41) is 0. The topological polar surface area (TPSA) is 0 Å². The Balaban J connectivity index is 1.48. The molecule has 0 nitrogen and oxygen atoms in total. The molecule has 0 aromatic rings. The number of hydrogen-bond acceptors (Lipinski definition) is 0. The van der Waals surface area contributed by atoms with Crippen molar-refractivity contribution in [2.75, 3.05) is 0 Å². The largest absolute Gasteiger partial charge is 0.0845 e. The minimum Gasteiger partial charge on any atom is -0.0845 e. The summed E-state index contributed by atoms with van der Waals surface area (Å²) in [5.41, 5.74) is 3.07. The summed E-state index contributed by atoms with van der Waals surface area (Å²) in [7, 11) is 0. The highest BCUT2D eigenvalue weighted by molar-refractivity contribution is 5.24. The Labute approximate surface area is 176 Å². The number of hydrogen-bond donors (Lipinski definition) is 0. The van der Waals surface area contributed by atoms with Crippen LogP contribution in [0.3, 0.4) is 0 Å². The summed E-state index contributed by atoms with van der Waals surface area (Å²) in [6, 6.07) is 0. The van der Waals surface area contributed by atoms with E-state index in [-0.39, 0.29) is 0 Å². The number of rotatable bonds is 5. The van der Waals surface area contributed by atoms with Crippen LogP contribution in [0.5, 0.6) is 0 Å². The molecule has 2 unspecified atom stereocenters. The molecule has 0 amide bonds. The van der Waals surface area contributed by atoms with E-state index >= 15 is 0 Å². The molecule has 4 aliphatic carbocycles. The highest BCUT2D eigenvalue weighted by atomic mass is 14.6. The minimum atomic E-state index is 0.568. The zero-order chi connectivity index (χ0) is 20.1. The lowest BCUT2D eigenvalue weighted by atomic mass is 9.47. The predicted molar refractivity (Wildman–Crippen MR) is 122 cm³/mol. The fourth-order valence-electron chi connectivity index (χ4n) is 8.73. The lowest BCUT2D eigenvalue weighted by molar-refractivity contribution is -0.0502. The minimum absolute atomic E-state index is 0.568. The fraction of sp³-hybridized carbons (Fsp3) is 0.929. The van der Waals surface area contributed by atoms with Gasteiger partial charge in [0.1, 0.15) is 0 Å². The van der Waals surface area contributed by atoms with Gasteiger partial charge in [0.15, 0.2) is 0 Å². The van der Waals surface area contributed by atoms with Crippen LogP contribution in [0.4, 0.5) is 0 Å². The second-order valence-corrected chi connectivity index (χ2v) is 12.5. The van der Waals surface area contributed by atoms with E-state index in [0.29, 0.717) is 10.8 Å². The van der Waals surface area contributed by atoms with Gasteiger partial charge in [0.25, 0.3) is 0 Å². The van der Waals surface area contributed by atoms with Crippen molar-refractivity contribution >= 4 is 0 Å². The Kier molecular flexibility index (Phi) is 5.83. The molecule has 0 heterocycles. The molecule has 0 aromatic heterocycles. The second kappa shape index (κ2) is 7.77. The monoisotopic (exact) mass is 384 g/mol. The Bertz CT molecular complexity index is 585. The van der Waals surface area contributed by atoms with E-state index in [1.807, 2.05) is 5.57 Å². The van der Waals surface area contributed by atoms with Crippen molar-refractivity contribution in [3.8, 4) is 0 Å². The molecular weight excluding hydrogens is 336 g/mol. The maximum absolute atomic E-state index is 2.74. The van der Waals surface area contributed by atoms with Gasteiger partial charge in [-0.2, -0.15) is 0 Å². The highest BCUT2D eigenvalue weighted by Gasteiger charge is 2.58. The summed E-state index contributed by atoms with van der Waals surface area (Å²) in [5.74, 6) is 6.65. The van der Waals surface area contributed by atoms with Crippen molar-refractivity contribution in [1.29, 1.82) is 0 Å². The van der Waals surface area contributed by atoms with Crippen LogP contribution in [0.1, 0.15) is 112 Å². The molecule has 0 heteroatoms. The first kappa shape index (κ1) is 21.0. The lowest BCUT2D eigenvalue weighted by Crippen LogP contribution is -2.50. The Hall–Kier alpha value is -0.260. The quantitative estimate of drug-likeness (QED) is 0.416. The molecule has 4 aliphatic rings. The molecule has 0 spiro atoms. The van der Waals surface area contributed by atoms with Gasteiger partial charge >= 0.3 is 0 Å². The maximum Gasteiger partial charge on any atom is -0.00853 e. The van der Waals surface area contributed by atoms with Crippen molar-refractivity contribution in [2.45, 2.75) is 112 Å². The smallest absolute Gasteiger partial charge is 0.00853 e. The van der Waals surface area contributed by atoms with Gasteiger partial charge in [-0.3, -0.25) is 0 Å². The van der Waals surface area contributed by atoms with Crippen LogP contribution >= 0.6 is 0 Å². The van der Waals surface area contributed by atoms with E-state index in [2.05, 4.69) is 47.6 Å². The van der Waals surface area contributed by atoms with Gasteiger partial charge < -0.3 is 0 Å². The zero-order valence-corrected chi connectivity index (χ0v) is 19.9. The summed E-state index contributed by atoms with van der Waals surface area (Å²) in [4.78, 5) is 0. The Morgan fingerprint density at radius 1 is 0.929 bits per heavy atom. The number of allylic oxidation sites excluding steroid dienone is 2. The van der Waals surface area contributed by atoms with Crippen LogP contribution in [-0.4, -0.2) is 0 Å². The molecule has 0 aliphatic heterocycles. The maximum atomic E-state index is 2.74. The molecule has 0 bridgehead atoms. The SMILES string of the molecule is CC(C)C(C)CCC(C)[C@H]1CC[C@H]2[C@@H]3CC=C4CCCC[C@]4(C)[C@H]3CC[C@]12C. The molecule has 0 radical (unpaired) electrons. The van der Waals surface area contributed by atoms with Crippen molar-refractivity contribution in [3.63, 3.8) is 0 Å². The van der Waals surface area contributed by atoms with Gasteiger partial charge in [-0.1, -0.05) is 72.5 Å². The first-order chi connectivity index (χ1) is 13.3. The standard InChI is InChI=1S/C28H48/c1-19(2)20(3)10-11-21(4)24-14-15-25-23-13-12-22-9-7-8-17-27(22,5)26(23)16-18-28(24,25)6/h12,19-21,23-26H,7-11,13-18H2,1-6H3/t20?,21?,23-,24+,25-,26-,27-,28+/m0/s1. The molecule has 3 saturated carbocycles. The average molecular weight is 385 g/mol. The molecule has 4 rings (SSSR count). The molecule has 8 atom stereocenters. The van der Waals surface area contributed by atoms with Crippen LogP contribution in [0, 0.1) is 52.3 Å². The fourth-order valence-corrected chi connectivity index (χ4v) is 8.73. The molecule has 0 N–H and O–H groups in total. The van der Waals surface area contributed by atoms with Gasteiger partial charge in [-0.05, 0) is 104 Å². The van der Waals surface area contributed by atoms with Gasteiger partial charge in [0, 0.05) is 0 Å². The van der Waals surface area contributed by atoms with Crippen molar-refractivity contribution < 1.29 is 0 Å². The average Bonchev–Trinajstić information content (AvgIpc) is 3.02. The van der Waals surface area contributed by atoms with Crippen LogP contribution < -0.4 is 0 Å². The zero-order valence-electron chi connectivity index (χ0n) is 19.9. The molecular formula is C28H48. The van der Waals surface area contributed by atoms with E-state index in [9.17, 15) is 0 Å². The molecule has 28 heavy (non-hydrogen) atoms. The van der Waals surface area contributed by atoms with E-state index < -0.39 is 0 Å². The van der Waals surface area contributed by atoms with Crippen LogP contribution in [0.15, 0.2) is 11.6 Å². The van der Waals surface area contributed by atoms with E-state index in [4.69, 9.17) is 0 Å². The van der Waals surface area contributed by atoms with E-state index in [1.54, 1.807) is 0 Å². The van der Waals surface area contributed by atoms with Gasteiger partial charge in [0.05, 0.1) is 0 Å². The van der Waals surface area contributed by atoms with Crippen LogP contribution in [-0.2, 0) is 0 Å². The Morgan fingerprint density at radius 2 is 1.71 bits per heavy atom. The highest BCUT2D eigenvalue weighted by Crippen LogP contribution is 2.67. The third kappa shape index (κ3) is 3.33. The van der Waals surface area contributed by atoms with Crippen molar-refractivity contribution in [1.82, 2.24) is 0 Å². The van der Waals surface area contributed by atoms with Gasteiger partial charge in [0.2, 0.25) is 0 Å². The van der Waals surface area contributed by atoms with Gasteiger partial charge in [-0.15, -0.1) is 0 Å². The summed E-state index contributed by atoms with van der Waals surface area (Å²) < 4.78 is 0. The first-order valence-corrected chi connectivity index (χ1v) is 13.0. The third-order valence-corrected chi connectivity index (χ3v) is 11.0. The van der Waals surface area contributed by atoms with Crippen LogP contribution in [0.2, 0.25) is 0 Å². The molecule has 3 fully saturated rings. The Morgan fingerprint density at radius 3 is 2.46 bits per heavy atom. The normalized spacial score (nSPS) is 45.0. The van der Waals surface area contributed by atoms with Gasteiger partial charge in [-0.25, -0.2) is 0 Å². The second-order valence-electron chi connectivity index (χ2n) is 12.5. The van der Waals surface area contributed by atoms with Crippen LogP contribution in [0.25, 0.3) is 0 Å². The van der Waals surface area contributed by atoms with Crippen molar-refractivity contribution in [3.05, 3.63) is 11.6 Å². The first-order valence-electron chi connectivity index (χ1n) is 13.0. The van der Waals surface area contributed by atoms with Crippen molar-refractivity contribution in [2.24, 2.45) is 52.3 Å². The van der Waals surface area contributed by atoms with E-state index in [1.165, 1.54) is 70.6 Å².